The fourth-order valence-corrected chi connectivity index (χ4v) is 7.91. The van der Waals surface area contributed by atoms with Gasteiger partial charge in [0.1, 0.15) is 5.82 Å². The number of sulfone groups is 1. The molecule has 4 aliphatic rings. The van der Waals surface area contributed by atoms with E-state index in [1.54, 1.807) is 6.20 Å². The molecular formula is C20H25N5O2S. The third-order valence-corrected chi connectivity index (χ3v) is 10.9. The lowest BCUT2D eigenvalue weighted by molar-refractivity contribution is 0.0525. The molecule has 3 aromatic rings. The van der Waals surface area contributed by atoms with E-state index in [9.17, 15) is 8.42 Å². The predicted octanol–water partition coefficient (Wildman–Crippen LogP) is 3.16. The first-order valence-electron chi connectivity index (χ1n) is 10.3. The van der Waals surface area contributed by atoms with Gasteiger partial charge < -0.3 is 4.98 Å². The van der Waals surface area contributed by atoms with E-state index in [0.717, 1.165) is 74.0 Å². The Labute approximate surface area is 163 Å². The number of hydrogen-bond donors (Lipinski definition) is 1. The van der Waals surface area contributed by atoms with E-state index >= 15 is 0 Å². The molecule has 0 saturated heterocycles. The van der Waals surface area contributed by atoms with Crippen molar-refractivity contribution in [2.24, 2.45) is 5.41 Å². The molecule has 0 radical (unpaired) electrons. The standard InChI is InChI=1S/C20H25N5O2S/c1-18(3-4-18)28(26,27)13-19-5-8-20(9-6-19,10-7-19)17-24-23-15-12-22-16-14(25(15)17)2-11-21-16/h2,11-12,21H,3-10,13H2,1H3. The molecule has 0 amide bonds. The summed E-state index contributed by atoms with van der Waals surface area (Å²) in [7, 11) is -3.01. The van der Waals surface area contributed by atoms with Gasteiger partial charge in [0.2, 0.25) is 0 Å². The Balaban J connectivity index is 1.35. The van der Waals surface area contributed by atoms with Crippen molar-refractivity contribution in [3.8, 4) is 0 Å². The fraction of sp³-hybridized carbons (Fsp3) is 0.650. The van der Waals surface area contributed by atoms with Crippen LogP contribution in [0, 0.1) is 5.41 Å². The third kappa shape index (κ3) is 2.15. The Morgan fingerprint density at radius 1 is 1.07 bits per heavy atom. The number of fused-ring (bicyclic) bond motifs is 6. The van der Waals surface area contributed by atoms with E-state index in [2.05, 4.69) is 24.6 Å². The van der Waals surface area contributed by atoms with E-state index in [4.69, 9.17) is 0 Å². The Morgan fingerprint density at radius 2 is 1.79 bits per heavy atom. The molecule has 7 rings (SSSR count). The van der Waals surface area contributed by atoms with Crippen molar-refractivity contribution in [3.63, 3.8) is 0 Å². The molecule has 0 aromatic carbocycles. The lowest BCUT2D eigenvalue weighted by Crippen LogP contribution is -2.49. The summed E-state index contributed by atoms with van der Waals surface area (Å²) in [6.07, 6.45) is 11.2. The van der Waals surface area contributed by atoms with Gasteiger partial charge in [-0.25, -0.2) is 13.4 Å². The van der Waals surface area contributed by atoms with Gasteiger partial charge in [0.25, 0.3) is 0 Å². The van der Waals surface area contributed by atoms with Crippen LogP contribution >= 0.6 is 0 Å². The summed E-state index contributed by atoms with van der Waals surface area (Å²) >= 11 is 0. The number of H-pyrrole nitrogens is 1. The topological polar surface area (TPSA) is 93.0 Å². The fourth-order valence-electron chi connectivity index (χ4n) is 5.60. The van der Waals surface area contributed by atoms with Gasteiger partial charge >= 0.3 is 0 Å². The zero-order valence-electron chi connectivity index (χ0n) is 16.1. The molecule has 1 N–H and O–H groups in total. The van der Waals surface area contributed by atoms with Crippen molar-refractivity contribution in [1.29, 1.82) is 0 Å². The summed E-state index contributed by atoms with van der Waals surface area (Å²) < 4.78 is 27.6. The maximum atomic E-state index is 12.9. The van der Waals surface area contributed by atoms with E-state index < -0.39 is 14.6 Å². The van der Waals surface area contributed by atoms with Gasteiger partial charge in [-0.3, -0.25) is 4.40 Å². The summed E-state index contributed by atoms with van der Waals surface area (Å²) in [5, 5.41) is 9.00. The minimum atomic E-state index is -3.01. The molecule has 4 fully saturated rings. The number of aromatic nitrogens is 5. The van der Waals surface area contributed by atoms with Gasteiger partial charge in [0, 0.05) is 11.6 Å². The SMILES string of the molecule is CC1(S(=O)(=O)CC23CCC(c4nnc5cnc6[nH]ccc6n45)(CC2)CC3)CC1. The maximum Gasteiger partial charge on any atom is 0.179 e. The lowest BCUT2D eigenvalue weighted by Gasteiger charge is -2.52. The number of nitrogens with one attached hydrogen (secondary N) is 1. The zero-order valence-corrected chi connectivity index (χ0v) is 16.9. The molecule has 2 bridgehead atoms. The molecular weight excluding hydrogens is 374 g/mol. The van der Waals surface area contributed by atoms with Gasteiger partial charge in [-0.1, -0.05) is 0 Å². The quantitative estimate of drug-likeness (QED) is 0.727. The third-order valence-electron chi connectivity index (χ3n) is 8.02. The van der Waals surface area contributed by atoms with E-state index in [1.165, 1.54) is 0 Å². The molecule has 3 heterocycles. The highest BCUT2D eigenvalue weighted by Gasteiger charge is 2.57. The van der Waals surface area contributed by atoms with Crippen LogP contribution in [0.15, 0.2) is 18.5 Å². The van der Waals surface area contributed by atoms with Crippen LogP contribution in [0.25, 0.3) is 16.8 Å². The summed E-state index contributed by atoms with van der Waals surface area (Å²) in [5.74, 6) is 1.40. The van der Waals surface area contributed by atoms with Crippen molar-refractivity contribution in [1.82, 2.24) is 24.6 Å². The van der Waals surface area contributed by atoms with Gasteiger partial charge in [0.15, 0.2) is 21.1 Å². The molecule has 8 heteroatoms. The highest BCUT2D eigenvalue weighted by Crippen LogP contribution is 2.59. The van der Waals surface area contributed by atoms with Gasteiger partial charge in [-0.2, -0.15) is 0 Å². The van der Waals surface area contributed by atoms with Crippen molar-refractivity contribution >= 4 is 26.6 Å². The molecule has 4 saturated carbocycles. The van der Waals surface area contributed by atoms with Gasteiger partial charge in [-0.15, -0.1) is 10.2 Å². The average molecular weight is 400 g/mol. The number of hydrogen-bond acceptors (Lipinski definition) is 5. The maximum absolute atomic E-state index is 12.9. The first-order valence-corrected chi connectivity index (χ1v) is 11.9. The van der Waals surface area contributed by atoms with Crippen LogP contribution in [-0.4, -0.2) is 43.5 Å². The second-order valence-corrected chi connectivity index (χ2v) is 12.2. The summed E-state index contributed by atoms with van der Waals surface area (Å²) in [6.45, 7) is 1.92. The molecule has 28 heavy (non-hydrogen) atoms. The summed E-state index contributed by atoms with van der Waals surface area (Å²) in [6, 6.07) is 2.03. The first-order chi connectivity index (χ1) is 13.4. The van der Waals surface area contributed by atoms with Crippen molar-refractivity contribution in [3.05, 3.63) is 24.3 Å². The minimum Gasteiger partial charge on any atom is -0.345 e. The second-order valence-electron chi connectivity index (χ2n) is 9.68. The van der Waals surface area contributed by atoms with Crippen LogP contribution in [0.3, 0.4) is 0 Å². The van der Waals surface area contributed by atoms with Crippen LogP contribution in [-0.2, 0) is 15.3 Å². The van der Waals surface area contributed by atoms with Gasteiger partial charge in [-0.05, 0) is 69.8 Å². The second kappa shape index (κ2) is 5.14. The predicted molar refractivity (Wildman–Crippen MR) is 106 cm³/mol. The highest BCUT2D eigenvalue weighted by molar-refractivity contribution is 7.93. The minimum absolute atomic E-state index is 0.0000353. The Kier molecular flexibility index (Phi) is 3.11. The largest absolute Gasteiger partial charge is 0.345 e. The molecule has 0 atom stereocenters. The van der Waals surface area contributed by atoms with Crippen molar-refractivity contribution < 1.29 is 8.42 Å². The van der Waals surface area contributed by atoms with E-state index in [1.807, 2.05) is 19.2 Å². The normalized spacial score (nSPS) is 31.6. The Morgan fingerprint density at radius 3 is 2.46 bits per heavy atom. The van der Waals surface area contributed by atoms with Crippen LogP contribution in [0.5, 0.6) is 0 Å². The summed E-state index contributed by atoms with van der Waals surface area (Å²) in [5.41, 5.74) is 2.61. The smallest absolute Gasteiger partial charge is 0.179 e. The van der Waals surface area contributed by atoms with Crippen LogP contribution < -0.4 is 0 Å². The summed E-state index contributed by atoms with van der Waals surface area (Å²) in [4.78, 5) is 7.59. The van der Waals surface area contributed by atoms with E-state index in [0.29, 0.717) is 5.75 Å². The highest BCUT2D eigenvalue weighted by atomic mass is 32.2. The van der Waals surface area contributed by atoms with E-state index in [-0.39, 0.29) is 10.8 Å². The number of aromatic amines is 1. The van der Waals surface area contributed by atoms with Crippen molar-refractivity contribution in [2.75, 3.05) is 5.75 Å². The number of rotatable bonds is 4. The van der Waals surface area contributed by atoms with Crippen LogP contribution in [0.2, 0.25) is 0 Å². The zero-order chi connectivity index (χ0) is 19.2. The molecule has 3 aromatic heterocycles. The Hall–Kier alpha value is -1.96. The number of nitrogens with zero attached hydrogens (tertiary/aromatic N) is 4. The molecule has 0 aliphatic heterocycles. The average Bonchev–Trinajstić information content (AvgIpc) is 3.10. The molecule has 148 valence electrons. The molecule has 7 nitrogen and oxygen atoms in total. The molecule has 0 unspecified atom stereocenters. The lowest BCUT2D eigenvalue weighted by atomic mass is 9.54. The first kappa shape index (κ1) is 16.9. The monoisotopic (exact) mass is 399 g/mol. The Bertz CT molecular complexity index is 1180. The molecule has 0 spiro atoms. The van der Waals surface area contributed by atoms with Crippen LogP contribution in [0.4, 0.5) is 0 Å². The van der Waals surface area contributed by atoms with Crippen LogP contribution in [0.1, 0.15) is 64.1 Å². The molecule has 4 aliphatic carbocycles. The van der Waals surface area contributed by atoms with Crippen molar-refractivity contribution in [2.45, 2.75) is 68.5 Å². The van der Waals surface area contributed by atoms with Gasteiger partial charge in [0.05, 0.1) is 22.2 Å².